The van der Waals surface area contributed by atoms with Crippen molar-refractivity contribution in [2.45, 2.75) is 51.4 Å². The fourth-order valence-corrected chi connectivity index (χ4v) is 2.50. The van der Waals surface area contributed by atoms with Crippen molar-refractivity contribution in [1.82, 2.24) is 9.61 Å². The van der Waals surface area contributed by atoms with Crippen LogP contribution >= 0.6 is 0 Å². The van der Waals surface area contributed by atoms with Gasteiger partial charge in [0.15, 0.2) is 0 Å². The van der Waals surface area contributed by atoms with Crippen LogP contribution in [0.2, 0.25) is 0 Å². The maximum atomic E-state index is 10.9. The molecule has 0 spiro atoms. The van der Waals surface area contributed by atoms with Gasteiger partial charge >= 0.3 is 5.97 Å². The number of carbonyl (C=O) groups excluding carboxylic acids is 1. The number of hydrogen-bond acceptors (Lipinski definition) is 3. The topological polar surface area (TPSA) is 43.6 Å². The van der Waals surface area contributed by atoms with E-state index >= 15 is 0 Å². The Balaban J connectivity index is 1.54. The van der Waals surface area contributed by atoms with E-state index in [1.54, 1.807) is 0 Å². The van der Waals surface area contributed by atoms with E-state index in [4.69, 9.17) is 0 Å². The highest BCUT2D eigenvalue weighted by Gasteiger charge is 2.01. The highest BCUT2D eigenvalue weighted by molar-refractivity contribution is 5.68. The Morgan fingerprint density at radius 2 is 1.90 bits per heavy atom. The Kier molecular flexibility index (Phi) is 6.25. The molecule has 4 nitrogen and oxygen atoms in total. The number of methoxy groups -OCH3 is 1. The summed E-state index contributed by atoms with van der Waals surface area (Å²) < 4.78 is 6.55. The molecule has 0 atom stereocenters. The van der Waals surface area contributed by atoms with Gasteiger partial charge in [-0.3, -0.25) is 4.79 Å². The number of pyridine rings is 1. The summed E-state index contributed by atoms with van der Waals surface area (Å²) in [4.78, 5) is 10.9. The second-order valence-corrected chi connectivity index (χ2v) is 5.40. The molecule has 114 valence electrons. The van der Waals surface area contributed by atoms with E-state index in [2.05, 4.69) is 22.0 Å². The van der Waals surface area contributed by atoms with Crippen LogP contribution in [-0.2, 0) is 16.0 Å². The van der Waals surface area contributed by atoms with Crippen LogP contribution in [0.1, 0.15) is 50.6 Å². The van der Waals surface area contributed by atoms with Crippen LogP contribution < -0.4 is 0 Å². The van der Waals surface area contributed by atoms with Crippen LogP contribution in [0.5, 0.6) is 0 Å². The molecule has 2 aromatic heterocycles. The number of hydrogen-bond donors (Lipinski definition) is 0. The fourth-order valence-electron chi connectivity index (χ4n) is 2.50. The van der Waals surface area contributed by atoms with E-state index in [0.717, 1.165) is 24.8 Å². The minimum atomic E-state index is -0.0955. The fraction of sp³-hybridized carbons (Fsp3) is 0.529. The van der Waals surface area contributed by atoms with Gasteiger partial charge in [-0.25, -0.2) is 4.52 Å². The number of aryl methyl sites for hydroxylation is 1. The first kappa shape index (κ1) is 15.5. The maximum absolute atomic E-state index is 10.9. The molecule has 21 heavy (non-hydrogen) atoms. The number of carbonyl (C=O) groups is 1. The predicted molar refractivity (Wildman–Crippen MR) is 83.2 cm³/mol. The largest absolute Gasteiger partial charge is 0.469 e. The first-order valence-electron chi connectivity index (χ1n) is 7.80. The summed E-state index contributed by atoms with van der Waals surface area (Å²) in [7, 11) is 1.45. The molecule has 0 unspecified atom stereocenters. The molecule has 0 saturated heterocycles. The van der Waals surface area contributed by atoms with E-state index in [0.29, 0.717) is 6.42 Å². The summed E-state index contributed by atoms with van der Waals surface area (Å²) in [6.45, 7) is 0. The highest BCUT2D eigenvalue weighted by Crippen LogP contribution is 2.12. The molecule has 0 amide bonds. The van der Waals surface area contributed by atoms with Gasteiger partial charge in [-0.05, 0) is 37.5 Å². The zero-order chi connectivity index (χ0) is 14.9. The van der Waals surface area contributed by atoms with Crippen molar-refractivity contribution in [1.29, 1.82) is 0 Å². The summed E-state index contributed by atoms with van der Waals surface area (Å²) in [5, 5.41) is 4.55. The van der Waals surface area contributed by atoms with Crippen LogP contribution in [0.3, 0.4) is 0 Å². The van der Waals surface area contributed by atoms with Crippen molar-refractivity contribution < 1.29 is 9.53 Å². The van der Waals surface area contributed by atoms with Crippen molar-refractivity contribution in [3.8, 4) is 0 Å². The molecule has 0 bridgehead atoms. The van der Waals surface area contributed by atoms with Crippen molar-refractivity contribution >= 4 is 11.5 Å². The van der Waals surface area contributed by atoms with Gasteiger partial charge in [-0.2, -0.15) is 5.10 Å². The third-order valence-corrected chi connectivity index (χ3v) is 3.71. The molecule has 0 aliphatic heterocycles. The molecule has 2 heterocycles. The van der Waals surface area contributed by atoms with E-state index in [1.165, 1.54) is 38.5 Å². The average Bonchev–Trinajstić information content (AvgIpc) is 2.92. The quantitative estimate of drug-likeness (QED) is 0.521. The van der Waals surface area contributed by atoms with Crippen molar-refractivity contribution in [3.63, 3.8) is 0 Å². The third kappa shape index (κ3) is 5.21. The number of fused-ring (bicyclic) bond motifs is 1. The molecule has 2 rings (SSSR count). The highest BCUT2D eigenvalue weighted by atomic mass is 16.5. The molecule has 0 N–H and O–H groups in total. The van der Waals surface area contributed by atoms with Gasteiger partial charge in [0, 0.05) is 12.6 Å². The van der Waals surface area contributed by atoms with Crippen LogP contribution in [0, 0.1) is 0 Å². The lowest BCUT2D eigenvalue weighted by Gasteiger charge is -2.01. The molecule has 0 fully saturated rings. The number of esters is 1. The van der Waals surface area contributed by atoms with Gasteiger partial charge in [0.1, 0.15) is 0 Å². The molecule has 0 radical (unpaired) electrons. The van der Waals surface area contributed by atoms with Gasteiger partial charge in [-0.1, -0.05) is 31.7 Å². The van der Waals surface area contributed by atoms with Crippen molar-refractivity contribution in [2.75, 3.05) is 7.11 Å². The standard InChI is InChI=1S/C17H24N2O2/c1-21-17(20)12-7-5-3-2-4-6-10-15-14-16-11-8-9-13-19(16)18-15/h8-9,11,13-14H,2-7,10,12H2,1H3. The summed E-state index contributed by atoms with van der Waals surface area (Å²) in [6.07, 6.45) is 10.5. The predicted octanol–water partition coefficient (Wildman–Crippen LogP) is 3.78. The van der Waals surface area contributed by atoms with Crippen molar-refractivity contribution in [3.05, 3.63) is 36.2 Å². The summed E-state index contributed by atoms with van der Waals surface area (Å²) in [5.74, 6) is -0.0955. The van der Waals surface area contributed by atoms with E-state index in [1.807, 2.05) is 22.8 Å². The van der Waals surface area contributed by atoms with Crippen LogP contribution in [0.4, 0.5) is 0 Å². The first-order valence-corrected chi connectivity index (χ1v) is 7.80. The molecule has 0 aliphatic rings. The lowest BCUT2D eigenvalue weighted by atomic mass is 10.1. The zero-order valence-corrected chi connectivity index (χ0v) is 12.8. The van der Waals surface area contributed by atoms with Crippen LogP contribution in [0.25, 0.3) is 5.52 Å². The number of rotatable bonds is 9. The second-order valence-electron chi connectivity index (χ2n) is 5.40. The van der Waals surface area contributed by atoms with Gasteiger partial charge in [-0.15, -0.1) is 0 Å². The van der Waals surface area contributed by atoms with Gasteiger partial charge in [0.2, 0.25) is 0 Å². The number of nitrogens with zero attached hydrogens (tertiary/aromatic N) is 2. The van der Waals surface area contributed by atoms with Crippen molar-refractivity contribution in [2.24, 2.45) is 0 Å². The normalized spacial score (nSPS) is 10.9. The zero-order valence-electron chi connectivity index (χ0n) is 12.8. The first-order chi connectivity index (χ1) is 10.3. The number of aromatic nitrogens is 2. The van der Waals surface area contributed by atoms with Gasteiger partial charge in [0.05, 0.1) is 18.3 Å². The monoisotopic (exact) mass is 288 g/mol. The molecule has 0 saturated carbocycles. The smallest absolute Gasteiger partial charge is 0.305 e. The Morgan fingerprint density at radius 3 is 2.67 bits per heavy atom. The molecule has 0 aliphatic carbocycles. The average molecular weight is 288 g/mol. The lowest BCUT2D eigenvalue weighted by Crippen LogP contribution is -1.99. The SMILES string of the molecule is COC(=O)CCCCCCCCc1cc2ccccn2n1. The third-order valence-electron chi connectivity index (χ3n) is 3.71. The molecule has 2 aromatic rings. The van der Waals surface area contributed by atoms with Gasteiger partial charge < -0.3 is 4.74 Å². The van der Waals surface area contributed by atoms with Crippen LogP contribution in [-0.4, -0.2) is 22.7 Å². The van der Waals surface area contributed by atoms with E-state index in [-0.39, 0.29) is 5.97 Å². The van der Waals surface area contributed by atoms with E-state index in [9.17, 15) is 4.79 Å². The Hall–Kier alpha value is -1.84. The maximum Gasteiger partial charge on any atom is 0.305 e. The Bertz CT molecular complexity index is 530. The minimum absolute atomic E-state index is 0.0955. The second kappa shape index (κ2) is 8.45. The molecular formula is C17H24N2O2. The number of unbranched alkanes of at least 4 members (excludes halogenated alkanes) is 5. The summed E-state index contributed by atoms with van der Waals surface area (Å²) >= 11 is 0. The Morgan fingerprint density at radius 1 is 1.14 bits per heavy atom. The Labute approximate surface area is 126 Å². The van der Waals surface area contributed by atoms with Crippen LogP contribution in [0.15, 0.2) is 30.5 Å². The molecule has 0 aromatic carbocycles. The lowest BCUT2D eigenvalue weighted by molar-refractivity contribution is -0.140. The minimum Gasteiger partial charge on any atom is -0.469 e. The molecular weight excluding hydrogens is 264 g/mol. The summed E-state index contributed by atoms with van der Waals surface area (Å²) in [6, 6.07) is 8.28. The summed E-state index contributed by atoms with van der Waals surface area (Å²) in [5.41, 5.74) is 2.34. The van der Waals surface area contributed by atoms with Gasteiger partial charge in [0.25, 0.3) is 0 Å². The van der Waals surface area contributed by atoms with E-state index < -0.39 is 0 Å². The number of ether oxygens (including phenoxy) is 1. The molecule has 4 heteroatoms.